The summed E-state index contributed by atoms with van der Waals surface area (Å²) in [5.41, 5.74) is 0. The van der Waals surface area contributed by atoms with E-state index in [9.17, 15) is 9.59 Å². The molecule has 0 aromatic heterocycles. The van der Waals surface area contributed by atoms with Gasteiger partial charge in [-0.3, -0.25) is 4.79 Å². The molecule has 0 amide bonds. The van der Waals surface area contributed by atoms with Crippen LogP contribution in [0.15, 0.2) is 0 Å². The molecule has 50 valence electrons. The van der Waals surface area contributed by atoms with Crippen molar-refractivity contribution in [1.82, 2.24) is 0 Å². The highest BCUT2D eigenvalue weighted by Gasteiger charge is 2.20. The molecular weight excluding hydrogens is 116 g/mol. The van der Waals surface area contributed by atoms with E-state index in [4.69, 9.17) is 0 Å². The van der Waals surface area contributed by atoms with Crippen LogP contribution >= 0.6 is 0 Å². The van der Waals surface area contributed by atoms with Crippen molar-refractivity contribution in [3.05, 3.63) is 0 Å². The Bertz CT molecular complexity index is 129. The summed E-state index contributed by atoms with van der Waals surface area (Å²) in [6, 6.07) is 0. The highest BCUT2D eigenvalue weighted by Crippen LogP contribution is 2.17. The number of aldehydes is 1. The minimum Gasteiger partial charge on any atom is -0.303 e. The van der Waals surface area contributed by atoms with E-state index in [0.29, 0.717) is 6.42 Å². The van der Waals surface area contributed by atoms with Crippen LogP contribution in [0.2, 0.25) is 0 Å². The van der Waals surface area contributed by atoms with Crippen molar-refractivity contribution >= 4 is 12.1 Å². The first-order valence-corrected chi connectivity index (χ1v) is 3.32. The van der Waals surface area contributed by atoms with Crippen molar-refractivity contribution in [2.75, 3.05) is 0 Å². The lowest BCUT2D eigenvalue weighted by Crippen LogP contribution is -2.19. The number of carbonyl (C=O) groups is 2. The molecule has 9 heavy (non-hydrogen) atoms. The second-order valence-corrected chi connectivity index (χ2v) is 2.45. The number of rotatable bonds is 1. The van der Waals surface area contributed by atoms with Gasteiger partial charge in [-0.2, -0.15) is 0 Å². The topological polar surface area (TPSA) is 34.1 Å². The van der Waals surface area contributed by atoms with Gasteiger partial charge in [-0.1, -0.05) is 6.42 Å². The molecule has 1 aliphatic carbocycles. The molecule has 1 rings (SSSR count). The Morgan fingerprint density at radius 3 is 2.67 bits per heavy atom. The fourth-order valence-electron chi connectivity index (χ4n) is 1.15. The molecule has 0 saturated heterocycles. The van der Waals surface area contributed by atoms with Gasteiger partial charge in [-0.15, -0.1) is 0 Å². The Kier molecular flexibility index (Phi) is 1.98. The average molecular weight is 126 g/mol. The largest absolute Gasteiger partial charge is 0.303 e. The molecule has 2 heteroatoms. The molecule has 0 radical (unpaired) electrons. The smallest absolute Gasteiger partial charge is 0.143 e. The number of Topliss-reactive ketones (excluding diaryl/α,β-unsaturated/α-hetero) is 1. The van der Waals surface area contributed by atoms with Gasteiger partial charge in [0.2, 0.25) is 0 Å². The predicted molar refractivity (Wildman–Crippen MR) is 33.0 cm³/mol. The summed E-state index contributed by atoms with van der Waals surface area (Å²) in [6.45, 7) is 0. The Morgan fingerprint density at radius 1 is 1.44 bits per heavy atom. The molecule has 0 aromatic carbocycles. The maximum atomic E-state index is 10.8. The van der Waals surface area contributed by atoms with Crippen molar-refractivity contribution in [2.24, 2.45) is 5.92 Å². The van der Waals surface area contributed by atoms with Gasteiger partial charge in [-0.05, 0) is 12.8 Å². The zero-order chi connectivity index (χ0) is 6.69. The van der Waals surface area contributed by atoms with Crippen molar-refractivity contribution < 1.29 is 9.59 Å². The quantitative estimate of drug-likeness (QED) is 0.387. The lowest BCUT2D eigenvalue weighted by Gasteiger charge is -2.13. The second kappa shape index (κ2) is 2.76. The molecule has 1 saturated carbocycles. The molecule has 0 bridgehead atoms. The molecule has 1 atom stereocenters. The van der Waals surface area contributed by atoms with Crippen molar-refractivity contribution in [3.8, 4) is 0 Å². The van der Waals surface area contributed by atoms with Crippen molar-refractivity contribution in [2.45, 2.75) is 25.7 Å². The summed E-state index contributed by atoms with van der Waals surface area (Å²) in [5, 5.41) is 0. The van der Waals surface area contributed by atoms with Crippen molar-refractivity contribution in [3.63, 3.8) is 0 Å². The molecule has 1 fully saturated rings. The van der Waals surface area contributed by atoms with Crippen LogP contribution in [-0.4, -0.2) is 12.1 Å². The van der Waals surface area contributed by atoms with Crippen LogP contribution < -0.4 is 0 Å². The van der Waals surface area contributed by atoms with Gasteiger partial charge in [0.15, 0.2) is 0 Å². The van der Waals surface area contributed by atoms with E-state index in [1.54, 1.807) is 0 Å². The first-order chi connectivity index (χ1) is 4.34. The molecule has 0 aromatic rings. The Balaban J connectivity index is 2.48. The van der Waals surface area contributed by atoms with E-state index in [2.05, 4.69) is 0 Å². The number of carbonyl (C=O) groups excluding carboxylic acids is 2. The highest BCUT2D eigenvalue weighted by molar-refractivity contribution is 5.93. The Morgan fingerprint density at radius 2 is 2.22 bits per heavy atom. The lowest BCUT2D eigenvalue weighted by molar-refractivity contribution is -0.128. The van der Waals surface area contributed by atoms with Crippen LogP contribution in [0, 0.1) is 5.92 Å². The van der Waals surface area contributed by atoms with Gasteiger partial charge >= 0.3 is 0 Å². The number of ketones is 1. The minimum absolute atomic E-state index is 0.135. The van der Waals surface area contributed by atoms with Gasteiger partial charge in [0.25, 0.3) is 0 Å². The van der Waals surface area contributed by atoms with Crippen LogP contribution in [-0.2, 0) is 9.59 Å². The maximum absolute atomic E-state index is 10.8. The van der Waals surface area contributed by atoms with E-state index >= 15 is 0 Å². The maximum Gasteiger partial charge on any atom is 0.143 e. The van der Waals surface area contributed by atoms with E-state index < -0.39 is 0 Å². The van der Waals surface area contributed by atoms with Gasteiger partial charge in [0.1, 0.15) is 12.1 Å². The molecular formula is C7H10O2. The molecule has 1 aliphatic rings. The third-order valence-corrected chi connectivity index (χ3v) is 1.77. The van der Waals surface area contributed by atoms with Crippen LogP contribution in [0.5, 0.6) is 0 Å². The molecule has 0 N–H and O–H groups in total. The Labute approximate surface area is 54.2 Å². The van der Waals surface area contributed by atoms with Gasteiger partial charge in [0, 0.05) is 6.42 Å². The van der Waals surface area contributed by atoms with E-state index in [-0.39, 0.29) is 11.7 Å². The summed E-state index contributed by atoms with van der Waals surface area (Å²) in [7, 11) is 0. The highest BCUT2D eigenvalue weighted by atomic mass is 16.1. The fourth-order valence-corrected chi connectivity index (χ4v) is 1.15. The molecule has 0 unspecified atom stereocenters. The van der Waals surface area contributed by atoms with Crippen LogP contribution in [0.3, 0.4) is 0 Å². The summed E-state index contributed by atoms with van der Waals surface area (Å²) >= 11 is 0. The van der Waals surface area contributed by atoms with Crippen LogP contribution in [0.4, 0.5) is 0 Å². The predicted octanol–water partition coefficient (Wildman–Crippen LogP) is 0.945. The first kappa shape index (κ1) is 6.46. The summed E-state index contributed by atoms with van der Waals surface area (Å²) in [4.78, 5) is 20.9. The standard InChI is InChI=1S/C7H10O2/c8-5-6-3-1-2-4-7(6)9/h5-6H,1-4H2/t6-/m0/s1. The summed E-state index contributed by atoms with van der Waals surface area (Å²) in [5.74, 6) is -0.130. The number of hydrogen-bond donors (Lipinski definition) is 0. The first-order valence-electron chi connectivity index (χ1n) is 3.32. The fraction of sp³-hybridized carbons (Fsp3) is 0.714. The lowest BCUT2D eigenvalue weighted by atomic mass is 9.89. The SMILES string of the molecule is O=C[C@@H]1CCCCC1=O. The summed E-state index contributed by atoms with van der Waals surface area (Å²) in [6.07, 6.45) is 4.19. The minimum atomic E-state index is -0.265. The third-order valence-electron chi connectivity index (χ3n) is 1.77. The van der Waals surface area contributed by atoms with Gasteiger partial charge < -0.3 is 4.79 Å². The molecule has 0 heterocycles. The zero-order valence-electron chi connectivity index (χ0n) is 5.30. The average Bonchev–Trinajstić information content (AvgIpc) is 1.89. The second-order valence-electron chi connectivity index (χ2n) is 2.45. The van der Waals surface area contributed by atoms with Gasteiger partial charge in [0.05, 0.1) is 5.92 Å². The van der Waals surface area contributed by atoms with Crippen molar-refractivity contribution in [1.29, 1.82) is 0 Å². The normalized spacial score (nSPS) is 28.0. The van der Waals surface area contributed by atoms with E-state index in [1.807, 2.05) is 0 Å². The van der Waals surface area contributed by atoms with Crippen LogP contribution in [0.25, 0.3) is 0 Å². The van der Waals surface area contributed by atoms with E-state index in [0.717, 1.165) is 25.5 Å². The monoisotopic (exact) mass is 126 g/mol. The molecule has 0 aliphatic heterocycles. The Hall–Kier alpha value is -0.660. The number of hydrogen-bond acceptors (Lipinski definition) is 2. The summed E-state index contributed by atoms with van der Waals surface area (Å²) < 4.78 is 0. The van der Waals surface area contributed by atoms with Crippen LogP contribution in [0.1, 0.15) is 25.7 Å². The molecule has 0 spiro atoms. The molecule has 2 nitrogen and oxygen atoms in total. The van der Waals surface area contributed by atoms with Gasteiger partial charge in [-0.25, -0.2) is 0 Å². The van der Waals surface area contributed by atoms with E-state index in [1.165, 1.54) is 0 Å². The third kappa shape index (κ3) is 1.37. The zero-order valence-corrected chi connectivity index (χ0v) is 5.30.